The fraction of sp³-hybridized carbons (Fsp3) is 0.364. The Morgan fingerprint density at radius 2 is 2.22 bits per heavy atom. The smallest absolute Gasteiger partial charge is 0.250 e. The van der Waals surface area contributed by atoms with Crippen LogP contribution in [0.3, 0.4) is 0 Å². The molecule has 0 aromatic carbocycles. The highest BCUT2D eigenvalue weighted by molar-refractivity contribution is 7.91. The number of hydrogen-bond acceptors (Lipinski definition) is 4. The summed E-state index contributed by atoms with van der Waals surface area (Å²) in [7, 11) is -3.37. The highest BCUT2D eigenvalue weighted by atomic mass is 32.2. The maximum Gasteiger partial charge on any atom is 0.250 e. The van der Waals surface area contributed by atoms with Gasteiger partial charge in [-0.3, -0.25) is 5.10 Å². The molecular weight excluding hydrogens is 270 g/mol. The molecule has 0 spiro atoms. The number of hydrogen-bond donors (Lipinski definition) is 2. The van der Waals surface area contributed by atoms with Crippen LogP contribution in [0.1, 0.15) is 17.5 Å². The van der Waals surface area contributed by atoms with E-state index in [9.17, 15) is 8.42 Å². The lowest BCUT2D eigenvalue weighted by Gasteiger charge is -2.03. The molecule has 2 heterocycles. The molecule has 0 aliphatic rings. The van der Waals surface area contributed by atoms with Gasteiger partial charge in [-0.2, -0.15) is 5.10 Å². The molecule has 2 N–H and O–H groups in total. The first kappa shape index (κ1) is 13.3. The van der Waals surface area contributed by atoms with Crippen molar-refractivity contribution in [3.05, 3.63) is 35.0 Å². The molecule has 0 fully saturated rings. The van der Waals surface area contributed by atoms with E-state index < -0.39 is 10.0 Å². The third-order valence-electron chi connectivity index (χ3n) is 2.50. The fourth-order valence-corrected chi connectivity index (χ4v) is 3.88. The predicted octanol–water partition coefficient (Wildman–Crippen LogP) is 1.55. The predicted molar refractivity (Wildman–Crippen MR) is 71.2 cm³/mol. The maximum atomic E-state index is 12.0. The van der Waals surface area contributed by atoms with Crippen LogP contribution in [0.25, 0.3) is 0 Å². The summed E-state index contributed by atoms with van der Waals surface area (Å²) >= 11 is 1.32. The summed E-state index contributed by atoms with van der Waals surface area (Å²) < 4.78 is 26.9. The summed E-state index contributed by atoms with van der Waals surface area (Å²) in [4.78, 5) is 1.07. The van der Waals surface area contributed by atoms with Gasteiger partial charge in [-0.15, -0.1) is 11.3 Å². The molecule has 7 heteroatoms. The van der Waals surface area contributed by atoms with E-state index in [1.807, 2.05) is 19.1 Å². The van der Waals surface area contributed by atoms with E-state index in [0.717, 1.165) is 17.0 Å². The number of rotatable bonds is 6. The van der Waals surface area contributed by atoms with Crippen LogP contribution in [-0.2, 0) is 22.9 Å². The van der Waals surface area contributed by atoms with Crippen molar-refractivity contribution in [2.24, 2.45) is 0 Å². The molecule has 0 saturated carbocycles. The van der Waals surface area contributed by atoms with Gasteiger partial charge in [0.25, 0.3) is 0 Å². The van der Waals surface area contributed by atoms with E-state index in [4.69, 9.17) is 0 Å². The normalized spacial score (nSPS) is 11.8. The second-order valence-electron chi connectivity index (χ2n) is 3.80. The SMILES string of the molecule is CCc1ccc(S(=O)(=O)NCCc2ccn[nH]2)s1. The quantitative estimate of drug-likeness (QED) is 0.845. The Hall–Kier alpha value is -1.18. The second-order valence-corrected chi connectivity index (χ2v) is 6.97. The van der Waals surface area contributed by atoms with Crippen molar-refractivity contribution in [3.8, 4) is 0 Å². The van der Waals surface area contributed by atoms with Gasteiger partial charge in [0.2, 0.25) is 10.0 Å². The summed E-state index contributed by atoms with van der Waals surface area (Å²) in [5.74, 6) is 0. The number of H-pyrrole nitrogens is 1. The summed E-state index contributed by atoms with van der Waals surface area (Å²) in [5.41, 5.74) is 0.915. The molecule has 0 bridgehead atoms. The van der Waals surface area contributed by atoms with Gasteiger partial charge in [0, 0.05) is 29.7 Å². The highest BCUT2D eigenvalue weighted by Gasteiger charge is 2.15. The maximum absolute atomic E-state index is 12.0. The fourth-order valence-electron chi connectivity index (χ4n) is 1.51. The van der Waals surface area contributed by atoms with E-state index in [1.54, 1.807) is 12.3 Å². The van der Waals surface area contributed by atoms with Crippen LogP contribution < -0.4 is 4.72 Å². The summed E-state index contributed by atoms with van der Waals surface area (Å²) in [5, 5.41) is 6.60. The van der Waals surface area contributed by atoms with Crippen LogP contribution in [0.4, 0.5) is 0 Å². The zero-order chi connectivity index (χ0) is 13.0. The van der Waals surface area contributed by atoms with Gasteiger partial charge < -0.3 is 0 Å². The van der Waals surface area contributed by atoms with Gasteiger partial charge in [-0.05, 0) is 24.6 Å². The van der Waals surface area contributed by atoms with Crippen molar-refractivity contribution in [3.63, 3.8) is 0 Å². The van der Waals surface area contributed by atoms with Crippen molar-refractivity contribution in [1.29, 1.82) is 0 Å². The number of nitrogens with zero attached hydrogens (tertiary/aromatic N) is 1. The average Bonchev–Trinajstić information content (AvgIpc) is 2.99. The van der Waals surface area contributed by atoms with E-state index in [-0.39, 0.29) is 0 Å². The Kier molecular flexibility index (Phi) is 4.15. The number of aromatic nitrogens is 2. The molecule has 2 rings (SSSR count). The van der Waals surface area contributed by atoms with E-state index >= 15 is 0 Å². The molecule has 0 saturated heterocycles. The van der Waals surface area contributed by atoms with Gasteiger partial charge in [0.1, 0.15) is 4.21 Å². The number of nitrogens with one attached hydrogen (secondary N) is 2. The minimum atomic E-state index is -3.37. The standard InChI is InChI=1S/C11H15N3O2S2/c1-2-10-3-4-11(17-10)18(15,16)13-8-6-9-5-7-12-14-9/h3-5,7,13H,2,6,8H2,1H3,(H,12,14). The van der Waals surface area contributed by atoms with E-state index in [1.165, 1.54) is 11.3 Å². The van der Waals surface area contributed by atoms with Gasteiger partial charge in [-0.1, -0.05) is 6.92 Å². The number of aryl methyl sites for hydroxylation is 1. The molecule has 0 unspecified atom stereocenters. The molecule has 2 aromatic heterocycles. The van der Waals surface area contributed by atoms with E-state index in [0.29, 0.717) is 17.2 Å². The Morgan fingerprint density at radius 1 is 1.39 bits per heavy atom. The lowest BCUT2D eigenvalue weighted by molar-refractivity contribution is 0.583. The van der Waals surface area contributed by atoms with Crippen LogP contribution in [0.5, 0.6) is 0 Å². The molecule has 0 amide bonds. The topological polar surface area (TPSA) is 74.8 Å². The van der Waals surface area contributed by atoms with Crippen LogP contribution in [0.15, 0.2) is 28.6 Å². The van der Waals surface area contributed by atoms with Crippen molar-refractivity contribution in [2.45, 2.75) is 24.0 Å². The molecular formula is C11H15N3O2S2. The van der Waals surface area contributed by atoms with E-state index in [2.05, 4.69) is 14.9 Å². The zero-order valence-electron chi connectivity index (χ0n) is 10.0. The molecule has 18 heavy (non-hydrogen) atoms. The van der Waals surface area contributed by atoms with Crippen molar-refractivity contribution in [1.82, 2.24) is 14.9 Å². The highest BCUT2D eigenvalue weighted by Crippen LogP contribution is 2.21. The molecule has 2 aromatic rings. The Balaban J connectivity index is 1.95. The molecule has 0 radical (unpaired) electrons. The minimum Gasteiger partial charge on any atom is -0.283 e. The van der Waals surface area contributed by atoms with Crippen LogP contribution in [0.2, 0.25) is 0 Å². The molecule has 98 valence electrons. The number of sulfonamides is 1. The van der Waals surface area contributed by atoms with Crippen LogP contribution >= 0.6 is 11.3 Å². The van der Waals surface area contributed by atoms with Crippen LogP contribution in [0, 0.1) is 0 Å². The first-order valence-electron chi connectivity index (χ1n) is 5.68. The largest absolute Gasteiger partial charge is 0.283 e. The third-order valence-corrected chi connectivity index (χ3v) is 5.68. The van der Waals surface area contributed by atoms with Crippen molar-refractivity contribution >= 4 is 21.4 Å². The summed E-state index contributed by atoms with van der Waals surface area (Å²) in [6.45, 7) is 2.37. The average molecular weight is 285 g/mol. The zero-order valence-corrected chi connectivity index (χ0v) is 11.6. The molecule has 0 aliphatic carbocycles. The number of aromatic amines is 1. The number of thiophene rings is 1. The first-order valence-corrected chi connectivity index (χ1v) is 7.98. The Morgan fingerprint density at radius 3 is 2.83 bits per heavy atom. The second kappa shape index (κ2) is 5.64. The molecule has 5 nitrogen and oxygen atoms in total. The van der Waals surface area contributed by atoms with Crippen molar-refractivity contribution < 1.29 is 8.42 Å². The molecule has 0 aliphatic heterocycles. The van der Waals surface area contributed by atoms with Gasteiger partial charge in [-0.25, -0.2) is 13.1 Å². The minimum absolute atomic E-state index is 0.365. The van der Waals surface area contributed by atoms with Crippen molar-refractivity contribution in [2.75, 3.05) is 6.54 Å². The lowest BCUT2D eigenvalue weighted by Crippen LogP contribution is -2.25. The Bertz CT molecular complexity index is 588. The van der Waals surface area contributed by atoms with Gasteiger partial charge >= 0.3 is 0 Å². The summed E-state index contributed by atoms with van der Waals surface area (Å²) in [6.07, 6.45) is 3.11. The monoisotopic (exact) mass is 285 g/mol. The van der Waals surface area contributed by atoms with Gasteiger partial charge in [0.05, 0.1) is 0 Å². The van der Waals surface area contributed by atoms with Gasteiger partial charge in [0.15, 0.2) is 0 Å². The lowest BCUT2D eigenvalue weighted by atomic mass is 10.3. The van der Waals surface area contributed by atoms with Crippen LogP contribution in [-0.4, -0.2) is 25.2 Å². The third kappa shape index (κ3) is 3.18. The Labute approximate surface area is 110 Å². The first-order chi connectivity index (χ1) is 8.62. The summed E-state index contributed by atoms with van der Waals surface area (Å²) in [6, 6.07) is 5.34. The molecule has 0 atom stereocenters.